The van der Waals surface area contributed by atoms with Crippen molar-refractivity contribution in [2.75, 3.05) is 32.0 Å². The van der Waals surface area contributed by atoms with Gasteiger partial charge in [-0.2, -0.15) is 0 Å². The monoisotopic (exact) mass is 502 g/mol. The van der Waals surface area contributed by atoms with Crippen molar-refractivity contribution in [2.45, 2.75) is 30.6 Å². The molecule has 0 unspecified atom stereocenters. The van der Waals surface area contributed by atoms with Crippen molar-refractivity contribution < 1.29 is 22.7 Å². The summed E-state index contributed by atoms with van der Waals surface area (Å²) in [6, 6.07) is 11.5. The van der Waals surface area contributed by atoms with Crippen molar-refractivity contribution in [2.24, 2.45) is 0 Å². The summed E-state index contributed by atoms with van der Waals surface area (Å²) in [4.78, 5) is 14.9. The van der Waals surface area contributed by atoms with Crippen LogP contribution in [0.4, 0.5) is 5.13 Å². The van der Waals surface area contributed by atoms with Crippen molar-refractivity contribution in [1.29, 1.82) is 0 Å². The Hall–Kier alpha value is -3.18. The average Bonchev–Trinajstić information content (AvgIpc) is 3.13. The first-order valence-corrected chi connectivity index (χ1v) is 13.2. The van der Waals surface area contributed by atoms with Crippen LogP contribution in [-0.4, -0.2) is 56.7 Å². The van der Waals surface area contributed by atoms with E-state index in [-0.39, 0.29) is 21.5 Å². The second-order valence-electron chi connectivity index (χ2n) is 7.81. The normalized spacial score (nSPS) is 14.4. The standard InChI is InChI=1S/C23H26N4O5S2/c1-31-17-9-7-16(8-10-17)21-24-25-23(33-21)26-34(29,30)18-11-12-20(32-2)19(15-18)22(28)27-13-5-3-4-6-14-27/h7-12,15H,3-6,13-14H2,1-2H3,(H,25,26). The maximum Gasteiger partial charge on any atom is 0.263 e. The highest BCUT2D eigenvalue weighted by atomic mass is 32.2. The topological polar surface area (TPSA) is 111 Å². The van der Waals surface area contributed by atoms with E-state index in [0.717, 1.165) is 42.6 Å². The smallest absolute Gasteiger partial charge is 0.263 e. The van der Waals surface area contributed by atoms with Crippen LogP contribution in [0.5, 0.6) is 11.5 Å². The van der Waals surface area contributed by atoms with Crippen LogP contribution < -0.4 is 14.2 Å². The molecule has 1 saturated heterocycles. The fourth-order valence-electron chi connectivity index (χ4n) is 3.75. The highest BCUT2D eigenvalue weighted by molar-refractivity contribution is 7.93. The van der Waals surface area contributed by atoms with Crippen molar-refractivity contribution in [1.82, 2.24) is 15.1 Å². The Morgan fingerprint density at radius 3 is 2.32 bits per heavy atom. The summed E-state index contributed by atoms with van der Waals surface area (Å²) in [6.45, 7) is 1.30. The Morgan fingerprint density at radius 2 is 1.68 bits per heavy atom. The molecule has 1 fully saturated rings. The number of ether oxygens (including phenoxy) is 2. The zero-order chi connectivity index (χ0) is 24.1. The molecule has 34 heavy (non-hydrogen) atoms. The Bertz CT molecular complexity index is 1250. The van der Waals surface area contributed by atoms with Crippen LogP contribution in [0.3, 0.4) is 0 Å². The minimum absolute atomic E-state index is 0.0485. The van der Waals surface area contributed by atoms with Gasteiger partial charge >= 0.3 is 0 Å². The van der Waals surface area contributed by atoms with E-state index in [4.69, 9.17) is 9.47 Å². The van der Waals surface area contributed by atoms with Crippen molar-refractivity contribution >= 4 is 32.4 Å². The number of aromatic nitrogens is 2. The fourth-order valence-corrected chi connectivity index (χ4v) is 5.76. The van der Waals surface area contributed by atoms with Gasteiger partial charge in [0.25, 0.3) is 15.9 Å². The van der Waals surface area contributed by atoms with E-state index in [0.29, 0.717) is 29.6 Å². The third-order valence-corrected chi connectivity index (χ3v) is 7.94. The maximum atomic E-state index is 13.2. The van der Waals surface area contributed by atoms with Crippen LogP contribution in [0.2, 0.25) is 0 Å². The summed E-state index contributed by atoms with van der Waals surface area (Å²) in [6.07, 6.45) is 4.03. The maximum absolute atomic E-state index is 13.2. The van der Waals surface area contributed by atoms with Gasteiger partial charge in [0.2, 0.25) is 5.13 Å². The Kier molecular flexibility index (Phi) is 7.32. The molecule has 180 valence electrons. The van der Waals surface area contributed by atoms with E-state index in [9.17, 15) is 13.2 Å². The molecule has 2 aromatic carbocycles. The largest absolute Gasteiger partial charge is 0.497 e. The van der Waals surface area contributed by atoms with E-state index in [1.807, 2.05) is 12.1 Å². The first-order valence-electron chi connectivity index (χ1n) is 10.9. The zero-order valence-corrected chi connectivity index (χ0v) is 20.6. The van der Waals surface area contributed by atoms with E-state index < -0.39 is 10.0 Å². The first kappa shape index (κ1) is 24.0. The van der Waals surface area contributed by atoms with Gasteiger partial charge in [0.1, 0.15) is 16.5 Å². The van der Waals surface area contributed by atoms with Gasteiger partial charge in [-0.25, -0.2) is 8.42 Å². The van der Waals surface area contributed by atoms with Crippen molar-refractivity contribution in [3.63, 3.8) is 0 Å². The van der Waals surface area contributed by atoms with Crippen LogP contribution in [0.15, 0.2) is 47.4 Å². The molecule has 1 N–H and O–H groups in total. The molecule has 1 aromatic heterocycles. The summed E-state index contributed by atoms with van der Waals surface area (Å²) in [5, 5.41) is 8.74. The van der Waals surface area contributed by atoms with Crippen LogP contribution in [-0.2, 0) is 10.0 Å². The van der Waals surface area contributed by atoms with Gasteiger partial charge in [-0.15, -0.1) is 10.2 Å². The third-order valence-electron chi connectivity index (χ3n) is 5.59. The van der Waals surface area contributed by atoms with Crippen LogP contribution in [0, 0.1) is 0 Å². The lowest BCUT2D eigenvalue weighted by Gasteiger charge is -2.22. The number of hydrogen-bond donors (Lipinski definition) is 1. The van der Waals surface area contributed by atoms with Gasteiger partial charge in [0, 0.05) is 18.7 Å². The van der Waals surface area contributed by atoms with Gasteiger partial charge in [-0.3, -0.25) is 9.52 Å². The lowest BCUT2D eigenvalue weighted by molar-refractivity contribution is 0.0758. The number of methoxy groups -OCH3 is 2. The van der Waals surface area contributed by atoms with Gasteiger partial charge in [-0.1, -0.05) is 24.2 Å². The number of anilines is 1. The highest BCUT2D eigenvalue weighted by Crippen LogP contribution is 2.30. The fraction of sp³-hybridized carbons (Fsp3) is 0.348. The van der Waals surface area contributed by atoms with Gasteiger partial charge in [0.05, 0.1) is 24.7 Å². The molecule has 0 bridgehead atoms. The summed E-state index contributed by atoms with van der Waals surface area (Å²) in [7, 11) is -0.957. The number of rotatable bonds is 7. The summed E-state index contributed by atoms with van der Waals surface area (Å²) in [5.74, 6) is 0.818. The molecule has 1 aliphatic heterocycles. The molecular weight excluding hydrogens is 476 g/mol. The number of amides is 1. The molecule has 11 heteroatoms. The summed E-state index contributed by atoms with van der Waals surface area (Å²) >= 11 is 1.11. The van der Waals surface area contributed by atoms with Crippen molar-refractivity contribution in [3.8, 4) is 22.1 Å². The number of nitrogens with one attached hydrogen (secondary N) is 1. The van der Waals surface area contributed by atoms with Crippen LogP contribution in [0.1, 0.15) is 36.0 Å². The third kappa shape index (κ3) is 5.31. The van der Waals surface area contributed by atoms with E-state index in [1.54, 1.807) is 24.1 Å². The zero-order valence-electron chi connectivity index (χ0n) is 19.0. The molecule has 9 nitrogen and oxygen atoms in total. The number of sulfonamides is 1. The van der Waals surface area contributed by atoms with E-state index in [2.05, 4.69) is 14.9 Å². The van der Waals surface area contributed by atoms with E-state index in [1.165, 1.54) is 25.3 Å². The average molecular weight is 503 g/mol. The Balaban J connectivity index is 1.57. The first-order chi connectivity index (χ1) is 16.4. The number of nitrogens with zero attached hydrogens (tertiary/aromatic N) is 3. The molecule has 0 spiro atoms. The number of carbonyl (C=O) groups is 1. The van der Waals surface area contributed by atoms with Crippen LogP contribution in [0.25, 0.3) is 10.6 Å². The summed E-state index contributed by atoms with van der Waals surface area (Å²) in [5.41, 5.74) is 1.02. The molecule has 0 saturated carbocycles. The molecule has 1 aliphatic rings. The molecule has 1 amide bonds. The number of benzene rings is 2. The molecular formula is C23H26N4O5S2. The number of likely N-dealkylation sites (tertiary alicyclic amines) is 1. The van der Waals surface area contributed by atoms with Gasteiger partial charge < -0.3 is 14.4 Å². The lowest BCUT2D eigenvalue weighted by Crippen LogP contribution is -2.32. The quantitative estimate of drug-likeness (QED) is 0.519. The van der Waals surface area contributed by atoms with E-state index >= 15 is 0 Å². The Morgan fingerprint density at radius 1 is 0.971 bits per heavy atom. The SMILES string of the molecule is COc1ccc(-c2nnc(NS(=O)(=O)c3ccc(OC)c(C(=O)N4CCCCCC4)c3)s2)cc1. The molecule has 2 heterocycles. The number of carbonyl (C=O) groups excluding carboxylic acids is 1. The predicted molar refractivity (Wildman–Crippen MR) is 130 cm³/mol. The second-order valence-corrected chi connectivity index (χ2v) is 10.5. The summed E-state index contributed by atoms with van der Waals surface area (Å²) < 4.78 is 39.1. The highest BCUT2D eigenvalue weighted by Gasteiger charge is 2.25. The van der Waals surface area contributed by atoms with Gasteiger partial charge in [0.15, 0.2) is 0 Å². The number of hydrogen-bond acceptors (Lipinski definition) is 8. The lowest BCUT2D eigenvalue weighted by atomic mass is 10.1. The Labute approximate surface area is 202 Å². The minimum atomic E-state index is -4.00. The van der Waals surface area contributed by atoms with Crippen LogP contribution >= 0.6 is 11.3 Å². The second kappa shape index (κ2) is 10.4. The molecule has 3 aromatic rings. The van der Waals surface area contributed by atoms with Gasteiger partial charge in [-0.05, 0) is 55.3 Å². The minimum Gasteiger partial charge on any atom is -0.497 e. The molecule has 0 aliphatic carbocycles. The molecule has 0 radical (unpaired) electrons. The predicted octanol–water partition coefficient (Wildman–Crippen LogP) is 4.04. The molecule has 0 atom stereocenters. The molecule has 4 rings (SSSR count). The van der Waals surface area contributed by atoms with Crippen molar-refractivity contribution in [3.05, 3.63) is 48.0 Å².